The van der Waals surface area contributed by atoms with Gasteiger partial charge in [-0.2, -0.15) is 5.10 Å². The Kier molecular flexibility index (Phi) is 2.19. The van der Waals surface area contributed by atoms with Crippen molar-refractivity contribution in [3.63, 3.8) is 0 Å². The van der Waals surface area contributed by atoms with Gasteiger partial charge in [-0.3, -0.25) is 4.79 Å². The maximum absolute atomic E-state index is 11.3. The summed E-state index contributed by atoms with van der Waals surface area (Å²) in [6.45, 7) is 0. The van der Waals surface area contributed by atoms with Gasteiger partial charge in [0.05, 0.1) is 28.5 Å². The molecule has 0 aliphatic carbocycles. The first-order valence-corrected chi connectivity index (χ1v) is 5.85. The second-order valence-corrected chi connectivity index (χ2v) is 4.81. The maximum atomic E-state index is 11.3. The van der Waals surface area contributed by atoms with E-state index in [9.17, 15) is 4.79 Å². The average molecular weight is 293 g/mol. The molecule has 0 bridgehead atoms. The number of rotatable bonds is 1. The summed E-state index contributed by atoms with van der Waals surface area (Å²) in [5.74, 6) is -0.00167. The third-order valence-corrected chi connectivity index (χ3v) is 3.09. The molecule has 17 heavy (non-hydrogen) atoms. The fraction of sp³-hybridized carbons (Fsp3) is 0.0909. The van der Waals surface area contributed by atoms with Gasteiger partial charge in [0.15, 0.2) is 0 Å². The quantitative estimate of drug-likeness (QED) is 0.786. The van der Waals surface area contributed by atoms with Crippen molar-refractivity contribution < 1.29 is 4.79 Å². The van der Waals surface area contributed by atoms with Crippen LogP contribution >= 0.6 is 15.9 Å². The van der Waals surface area contributed by atoms with Crippen LogP contribution in [0.2, 0.25) is 0 Å². The molecule has 0 saturated carbocycles. The van der Waals surface area contributed by atoms with Crippen LogP contribution in [-0.2, 0) is 11.2 Å². The van der Waals surface area contributed by atoms with E-state index in [0.717, 1.165) is 21.4 Å². The molecule has 5 nitrogen and oxygen atoms in total. The van der Waals surface area contributed by atoms with Crippen LogP contribution in [0, 0.1) is 0 Å². The first-order chi connectivity index (χ1) is 8.13. The molecule has 0 fully saturated rings. The van der Waals surface area contributed by atoms with Crippen molar-refractivity contribution in [1.82, 2.24) is 9.78 Å². The van der Waals surface area contributed by atoms with Crippen LogP contribution < -0.4 is 11.1 Å². The Labute approximate surface area is 106 Å². The summed E-state index contributed by atoms with van der Waals surface area (Å²) in [5.41, 5.74) is 9.08. The fourth-order valence-corrected chi connectivity index (χ4v) is 2.20. The number of benzene rings is 1. The average Bonchev–Trinajstić information content (AvgIpc) is 2.82. The maximum Gasteiger partial charge on any atom is 0.228 e. The molecule has 1 aromatic carbocycles. The SMILES string of the molecule is Nc1cc2c(cc1-n1cc(Br)cn1)NC(=O)C2. The summed E-state index contributed by atoms with van der Waals surface area (Å²) in [6.07, 6.45) is 3.89. The van der Waals surface area contributed by atoms with Crippen LogP contribution in [0.15, 0.2) is 29.0 Å². The molecular formula is C11H9BrN4O. The van der Waals surface area contributed by atoms with E-state index in [1.807, 2.05) is 18.3 Å². The summed E-state index contributed by atoms with van der Waals surface area (Å²) in [4.78, 5) is 11.3. The molecule has 3 rings (SSSR count). The Morgan fingerprint density at radius 1 is 1.47 bits per heavy atom. The van der Waals surface area contributed by atoms with Crippen molar-refractivity contribution in [1.29, 1.82) is 0 Å². The predicted octanol–water partition coefficient (Wildman–Crippen LogP) is 1.71. The van der Waals surface area contributed by atoms with E-state index in [0.29, 0.717) is 12.1 Å². The van der Waals surface area contributed by atoms with E-state index in [1.165, 1.54) is 0 Å². The van der Waals surface area contributed by atoms with E-state index >= 15 is 0 Å². The summed E-state index contributed by atoms with van der Waals surface area (Å²) in [6, 6.07) is 3.66. The number of nitrogens with two attached hydrogens (primary N) is 1. The second kappa shape index (κ2) is 3.59. The Balaban J connectivity index is 2.13. The van der Waals surface area contributed by atoms with Crippen molar-refractivity contribution in [2.45, 2.75) is 6.42 Å². The topological polar surface area (TPSA) is 72.9 Å². The number of hydrogen-bond acceptors (Lipinski definition) is 3. The zero-order chi connectivity index (χ0) is 12.0. The lowest BCUT2D eigenvalue weighted by Crippen LogP contribution is -2.04. The van der Waals surface area contributed by atoms with E-state index in [1.54, 1.807) is 10.9 Å². The van der Waals surface area contributed by atoms with Crippen molar-refractivity contribution in [3.8, 4) is 5.69 Å². The number of carbonyl (C=O) groups is 1. The van der Waals surface area contributed by atoms with Gasteiger partial charge >= 0.3 is 0 Å². The van der Waals surface area contributed by atoms with Gasteiger partial charge < -0.3 is 11.1 Å². The molecular weight excluding hydrogens is 284 g/mol. The van der Waals surface area contributed by atoms with Crippen LogP contribution in [0.4, 0.5) is 11.4 Å². The lowest BCUT2D eigenvalue weighted by Gasteiger charge is -2.08. The van der Waals surface area contributed by atoms with E-state index in [-0.39, 0.29) is 5.91 Å². The lowest BCUT2D eigenvalue weighted by atomic mass is 10.1. The monoisotopic (exact) mass is 292 g/mol. The van der Waals surface area contributed by atoms with Gasteiger partial charge in [0.1, 0.15) is 0 Å². The molecule has 1 amide bonds. The smallest absolute Gasteiger partial charge is 0.228 e. The van der Waals surface area contributed by atoms with E-state index < -0.39 is 0 Å². The van der Waals surface area contributed by atoms with Crippen LogP contribution in [0.25, 0.3) is 5.69 Å². The molecule has 2 aromatic rings. The van der Waals surface area contributed by atoms with Crippen molar-refractivity contribution >= 4 is 33.2 Å². The number of amides is 1. The number of aromatic nitrogens is 2. The minimum absolute atomic E-state index is 0.00167. The Hall–Kier alpha value is -1.82. The van der Waals surface area contributed by atoms with E-state index in [4.69, 9.17) is 5.73 Å². The number of hydrogen-bond donors (Lipinski definition) is 2. The minimum atomic E-state index is -0.00167. The molecule has 6 heteroatoms. The van der Waals surface area contributed by atoms with E-state index in [2.05, 4.69) is 26.3 Å². The molecule has 1 aliphatic heterocycles. The zero-order valence-electron chi connectivity index (χ0n) is 8.77. The first-order valence-electron chi connectivity index (χ1n) is 5.06. The molecule has 0 atom stereocenters. The van der Waals surface area contributed by atoms with Crippen LogP contribution in [-0.4, -0.2) is 15.7 Å². The molecule has 1 aromatic heterocycles. The van der Waals surface area contributed by atoms with Crippen LogP contribution in [0.5, 0.6) is 0 Å². The predicted molar refractivity (Wildman–Crippen MR) is 68.0 cm³/mol. The van der Waals surface area contributed by atoms with Gasteiger partial charge in [-0.1, -0.05) is 0 Å². The summed E-state index contributed by atoms with van der Waals surface area (Å²) in [7, 11) is 0. The second-order valence-electron chi connectivity index (χ2n) is 3.90. The van der Waals surface area contributed by atoms with Crippen molar-refractivity contribution in [2.75, 3.05) is 11.1 Å². The van der Waals surface area contributed by atoms with Gasteiger partial charge in [0, 0.05) is 11.9 Å². The molecule has 0 unspecified atom stereocenters. The summed E-state index contributed by atoms with van der Waals surface area (Å²) >= 11 is 3.33. The van der Waals surface area contributed by atoms with Crippen LogP contribution in [0.3, 0.4) is 0 Å². The highest BCUT2D eigenvalue weighted by Crippen LogP contribution is 2.30. The molecule has 86 valence electrons. The third-order valence-electron chi connectivity index (χ3n) is 2.68. The minimum Gasteiger partial charge on any atom is -0.397 e. The van der Waals surface area contributed by atoms with Crippen molar-refractivity contribution in [2.24, 2.45) is 0 Å². The molecule has 0 spiro atoms. The number of anilines is 2. The molecule has 2 heterocycles. The summed E-state index contributed by atoms with van der Waals surface area (Å²) < 4.78 is 2.55. The highest BCUT2D eigenvalue weighted by Gasteiger charge is 2.19. The number of nitrogen functional groups attached to an aromatic ring is 1. The molecule has 1 aliphatic rings. The number of fused-ring (bicyclic) bond motifs is 1. The van der Waals surface area contributed by atoms with Gasteiger partial charge in [-0.25, -0.2) is 4.68 Å². The van der Waals surface area contributed by atoms with Crippen molar-refractivity contribution in [3.05, 3.63) is 34.6 Å². The number of nitrogens with zero attached hydrogens (tertiary/aromatic N) is 2. The molecule has 0 saturated heterocycles. The zero-order valence-corrected chi connectivity index (χ0v) is 10.4. The largest absolute Gasteiger partial charge is 0.397 e. The third kappa shape index (κ3) is 1.70. The normalized spacial score (nSPS) is 13.6. The number of carbonyl (C=O) groups excluding carboxylic acids is 1. The van der Waals surface area contributed by atoms with Gasteiger partial charge in [0.2, 0.25) is 5.91 Å². The standard InChI is InChI=1S/C11H9BrN4O/c12-7-4-14-16(5-7)10-3-9-6(1-8(10)13)2-11(17)15-9/h1,3-5H,2,13H2,(H,15,17). The summed E-state index contributed by atoms with van der Waals surface area (Å²) in [5, 5.41) is 6.96. The van der Waals surface area contributed by atoms with Crippen LogP contribution in [0.1, 0.15) is 5.56 Å². The highest BCUT2D eigenvalue weighted by atomic mass is 79.9. The molecule has 0 radical (unpaired) electrons. The highest BCUT2D eigenvalue weighted by molar-refractivity contribution is 9.10. The Morgan fingerprint density at radius 3 is 3.00 bits per heavy atom. The van der Waals surface area contributed by atoms with Gasteiger partial charge in [0.25, 0.3) is 0 Å². The fourth-order valence-electron chi connectivity index (χ4n) is 1.91. The van der Waals surface area contributed by atoms with Gasteiger partial charge in [-0.15, -0.1) is 0 Å². The Bertz CT molecular complexity index is 620. The molecule has 3 N–H and O–H groups in total. The Morgan fingerprint density at radius 2 is 2.29 bits per heavy atom. The number of halogens is 1. The van der Waals surface area contributed by atoms with Gasteiger partial charge in [-0.05, 0) is 33.6 Å². The lowest BCUT2D eigenvalue weighted by molar-refractivity contribution is -0.115. The number of nitrogens with one attached hydrogen (secondary N) is 1. The first kappa shape index (κ1) is 10.3.